The van der Waals surface area contributed by atoms with Crippen LogP contribution in [0, 0.1) is 41.5 Å². The van der Waals surface area contributed by atoms with Gasteiger partial charge in [-0.1, -0.05) is 47.5 Å². The summed E-state index contributed by atoms with van der Waals surface area (Å²) in [6.45, 7) is 12.0. The molecule has 0 fully saturated rings. The molecule has 2 heterocycles. The van der Waals surface area contributed by atoms with E-state index in [1.807, 2.05) is 77.9 Å². The van der Waals surface area contributed by atoms with Crippen LogP contribution in [0.1, 0.15) is 74.8 Å². The molecule has 0 atom stereocenters. The number of imide groups is 2. The second-order valence-electron chi connectivity index (χ2n) is 14.4. The van der Waals surface area contributed by atoms with Gasteiger partial charge in [0.05, 0.1) is 11.1 Å². The minimum absolute atomic E-state index is 0.351. The van der Waals surface area contributed by atoms with Gasteiger partial charge < -0.3 is 9.47 Å². The number of hydrogen-bond donors (Lipinski definition) is 0. The predicted molar refractivity (Wildman–Crippen MR) is 202 cm³/mol. The van der Waals surface area contributed by atoms with Crippen LogP contribution in [-0.4, -0.2) is 47.5 Å². The standard InChI is InChI=1S/C44H34N2O6/c1-19-13-21(3)39(22(4)14-19)51-31-17-29-33-27(41(47)45(7)43(29)49)12-10-26-36-32(52-40-23(5)15-20(2)16-24(40)6)18-30-34-28(42(48)46(8)44(30)50)11-9-25(38(34)36)35(31)37(26)33/h9-18H,1-8H3. The molecule has 2 aliphatic heterocycles. The predicted octanol–water partition coefficient (Wildman–Crippen LogP) is 9.62. The van der Waals surface area contributed by atoms with Crippen molar-refractivity contribution >= 4 is 66.7 Å². The van der Waals surface area contributed by atoms with E-state index < -0.39 is 23.6 Å². The average molecular weight is 687 g/mol. The molecule has 9 rings (SSSR count). The minimum atomic E-state index is -0.430. The molecule has 2 aliphatic rings. The summed E-state index contributed by atoms with van der Waals surface area (Å²) >= 11 is 0. The molecular formula is C44H34N2O6. The zero-order valence-corrected chi connectivity index (χ0v) is 30.1. The molecule has 0 aromatic heterocycles. The van der Waals surface area contributed by atoms with Crippen molar-refractivity contribution in [2.45, 2.75) is 41.5 Å². The lowest BCUT2D eigenvalue weighted by molar-refractivity contribution is 0.0635. The summed E-state index contributed by atoms with van der Waals surface area (Å²) in [5.74, 6) is 0.524. The van der Waals surface area contributed by atoms with E-state index in [-0.39, 0.29) is 0 Å². The SMILES string of the molecule is Cc1cc(C)c(Oc2cc3c4c(ccc5c6c(Oc7c(C)cc(C)cc7C)cc7c8c(ccc(c2c45)c86)C(=O)N(C)C7=O)C(=O)N(C)C3=O)c(C)c1. The topological polar surface area (TPSA) is 93.2 Å². The van der Waals surface area contributed by atoms with Gasteiger partial charge in [0, 0.05) is 57.5 Å². The summed E-state index contributed by atoms with van der Waals surface area (Å²) in [5.41, 5.74) is 7.41. The van der Waals surface area contributed by atoms with Crippen LogP contribution in [-0.2, 0) is 0 Å². The van der Waals surface area contributed by atoms with Gasteiger partial charge in [-0.25, -0.2) is 0 Å². The number of carbonyl (C=O) groups excluding carboxylic acids is 4. The van der Waals surface area contributed by atoms with Crippen molar-refractivity contribution in [3.8, 4) is 23.0 Å². The lowest BCUT2D eigenvalue weighted by Crippen LogP contribution is -2.37. The summed E-state index contributed by atoms with van der Waals surface area (Å²) in [6.07, 6.45) is 0. The van der Waals surface area contributed by atoms with E-state index in [2.05, 4.69) is 0 Å². The Hall–Kier alpha value is -6.28. The molecule has 8 nitrogen and oxygen atoms in total. The normalized spacial score (nSPS) is 14.2. The molecular weight excluding hydrogens is 652 g/mol. The molecule has 0 spiro atoms. The first-order valence-corrected chi connectivity index (χ1v) is 17.2. The number of benzene rings is 7. The number of carbonyl (C=O) groups is 4. The molecule has 0 saturated heterocycles. The van der Waals surface area contributed by atoms with Gasteiger partial charge in [-0.3, -0.25) is 29.0 Å². The lowest BCUT2D eigenvalue weighted by atomic mass is 9.81. The monoisotopic (exact) mass is 686 g/mol. The summed E-state index contributed by atoms with van der Waals surface area (Å²) in [6, 6.07) is 18.9. The minimum Gasteiger partial charge on any atom is -0.456 e. The average Bonchev–Trinajstić information content (AvgIpc) is 3.10. The van der Waals surface area contributed by atoms with Crippen LogP contribution < -0.4 is 9.47 Å². The highest BCUT2D eigenvalue weighted by molar-refractivity contribution is 6.43. The van der Waals surface area contributed by atoms with Crippen molar-refractivity contribution in [2.75, 3.05) is 14.1 Å². The van der Waals surface area contributed by atoms with Crippen LogP contribution in [0.5, 0.6) is 23.0 Å². The number of amides is 4. The molecule has 8 heteroatoms. The van der Waals surface area contributed by atoms with Gasteiger partial charge in [-0.15, -0.1) is 0 Å². The van der Waals surface area contributed by atoms with Crippen molar-refractivity contribution in [3.05, 3.63) is 116 Å². The Morgan fingerprint density at radius 3 is 1.08 bits per heavy atom. The van der Waals surface area contributed by atoms with Gasteiger partial charge in [0.2, 0.25) is 0 Å². The summed E-state index contributed by atoms with van der Waals surface area (Å²) in [4.78, 5) is 57.6. The largest absolute Gasteiger partial charge is 0.456 e. The maximum absolute atomic E-state index is 14.0. The van der Waals surface area contributed by atoms with Crippen LogP contribution in [0.3, 0.4) is 0 Å². The van der Waals surface area contributed by atoms with E-state index in [1.54, 1.807) is 24.3 Å². The zero-order chi connectivity index (χ0) is 36.7. The van der Waals surface area contributed by atoms with E-state index in [9.17, 15) is 19.2 Å². The molecule has 4 amide bonds. The Morgan fingerprint density at radius 1 is 0.404 bits per heavy atom. The molecule has 0 radical (unpaired) electrons. The van der Waals surface area contributed by atoms with Crippen molar-refractivity contribution in [1.29, 1.82) is 0 Å². The number of ether oxygens (including phenoxy) is 2. The van der Waals surface area contributed by atoms with E-state index in [0.717, 1.165) is 43.2 Å². The molecule has 0 unspecified atom stereocenters. The van der Waals surface area contributed by atoms with Crippen molar-refractivity contribution in [3.63, 3.8) is 0 Å². The Morgan fingerprint density at radius 2 is 0.731 bits per heavy atom. The molecule has 7 aromatic carbocycles. The van der Waals surface area contributed by atoms with Crippen LogP contribution in [0.4, 0.5) is 0 Å². The number of rotatable bonds is 4. The van der Waals surface area contributed by atoms with E-state index >= 15 is 0 Å². The first-order valence-electron chi connectivity index (χ1n) is 17.2. The van der Waals surface area contributed by atoms with Crippen molar-refractivity contribution < 1.29 is 28.7 Å². The molecule has 0 saturated carbocycles. The smallest absolute Gasteiger partial charge is 0.261 e. The highest BCUT2D eigenvalue weighted by Crippen LogP contribution is 2.53. The van der Waals surface area contributed by atoms with Crippen LogP contribution in [0.2, 0.25) is 0 Å². The molecule has 256 valence electrons. The second kappa shape index (κ2) is 10.6. The van der Waals surface area contributed by atoms with Gasteiger partial charge in [0.1, 0.15) is 23.0 Å². The number of fused-ring (bicyclic) bond motifs is 2. The van der Waals surface area contributed by atoms with E-state index in [4.69, 9.17) is 9.47 Å². The third kappa shape index (κ3) is 4.09. The molecule has 0 bridgehead atoms. The fraction of sp³-hybridized carbons (Fsp3) is 0.182. The third-order valence-corrected chi connectivity index (χ3v) is 10.8. The van der Waals surface area contributed by atoms with E-state index in [1.165, 1.54) is 14.1 Å². The quantitative estimate of drug-likeness (QED) is 0.104. The Balaban J connectivity index is 1.51. The Bertz CT molecular complexity index is 2620. The van der Waals surface area contributed by atoms with Crippen molar-refractivity contribution in [2.24, 2.45) is 0 Å². The van der Waals surface area contributed by atoms with Gasteiger partial charge in [-0.05, 0) is 98.8 Å². The van der Waals surface area contributed by atoms with Gasteiger partial charge in [0.25, 0.3) is 23.6 Å². The fourth-order valence-corrected chi connectivity index (χ4v) is 8.67. The van der Waals surface area contributed by atoms with Gasteiger partial charge >= 0.3 is 0 Å². The molecule has 0 N–H and O–H groups in total. The van der Waals surface area contributed by atoms with Crippen molar-refractivity contribution in [1.82, 2.24) is 9.80 Å². The van der Waals surface area contributed by atoms with Crippen LogP contribution >= 0.6 is 0 Å². The van der Waals surface area contributed by atoms with Crippen LogP contribution in [0.25, 0.3) is 43.1 Å². The highest BCUT2D eigenvalue weighted by Gasteiger charge is 2.37. The lowest BCUT2D eigenvalue weighted by Gasteiger charge is -2.29. The maximum Gasteiger partial charge on any atom is 0.261 e. The number of nitrogens with zero attached hydrogens (tertiary/aromatic N) is 2. The second-order valence-corrected chi connectivity index (χ2v) is 14.4. The molecule has 7 aromatic rings. The highest BCUT2D eigenvalue weighted by atomic mass is 16.5. The van der Waals surface area contributed by atoms with Gasteiger partial charge in [0.15, 0.2) is 0 Å². The number of hydrogen-bond acceptors (Lipinski definition) is 6. The Kier molecular flexibility index (Phi) is 6.47. The number of aryl methyl sites for hydroxylation is 6. The summed E-state index contributed by atoms with van der Waals surface area (Å²) in [5, 5.41) is 5.16. The van der Waals surface area contributed by atoms with Crippen LogP contribution in [0.15, 0.2) is 60.7 Å². The van der Waals surface area contributed by atoms with E-state index in [0.29, 0.717) is 88.3 Å². The summed E-state index contributed by atoms with van der Waals surface area (Å²) in [7, 11) is 2.98. The first kappa shape index (κ1) is 31.7. The zero-order valence-electron chi connectivity index (χ0n) is 30.1. The molecule has 0 aliphatic carbocycles. The summed E-state index contributed by atoms with van der Waals surface area (Å²) < 4.78 is 13.8. The molecule has 52 heavy (non-hydrogen) atoms. The fourth-order valence-electron chi connectivity index (χ4n) is 8.67. The first-order chi connectivity index (χ1) is 24.8. The third-order valence-electron chi connectivity index (χ3n) is 10.8. The van der Waals surface area contributed by atoms with Gasteiger partial charge in [-0.2, -0.15) is 0 Å². The Labute approximate surface area is 299 Å². The maximum atomic E-state index is 14.0.